The number of rotatable bonds is 17. The molecule has 0 spiro atoms. The minimum absolute atomic E-state index is 0.00929. The van der Waals surface area contributed by atoms with Crippen LogP contribution in [-0.2, 0) is 71.1 Å². The first-order chi connectivity index (χ1) is 38.0. The van der Waals surface area contributed by atoms with E-state index >= 15 is 0 Å². The standard InChI is InChI=1S/C56H92O24/c1-23(72-53-50(48(69-10)39(60)24(2)73-53)80-52-45(66)43(64)41(62)36(78-52)22-70-51-44(65)42(63)40(61)35(21-57)77-51)31-13-14-32-30-12-11-28-19-29(15-17-55(28,6)33(30)16-18-56(31,32)7)76-37-20-34(67-8)46(26(4)71-37)79-54-49(75-27(5)58)47(68-9)38(59)25(3)74-54/h11,23-26,29-54,57,59-66H,12-22H2,1-10H3/t23?,24-,25-,26-,29+,30+,31-,32+,33+,34+,35-,36-,37+,38+,39+,40-,41-,42+,43+,44-,45-,46-,47+,48+,49-,50-,51-,52+,53-,54+,55+,56-/m1/s1. The third-order valence-corrected chi connectivity index (χ3v) is 20.2. The van der Waals surface area contributed by atoms with E-state index in [4.69, 9.17) is 66.3 Å². The predicted octanol–water partition coefficient (Wildman–Crippen LogP) is 0.0732. The average Bonchev–Trinajstić information content (AvgIpc) is 4.01. The molecule has 0 aromatic heterocycles. The zero-order chi connectivity index (χ0) is 57.9. The number of fused-ring (bicyclic) bond motifs is 5. The van der Waals surface area contributed by atoms with E-state index in [-0.39, 0.29) is 29.0 Å². The highest BCUT2D eigenvalue weighted by Crippen LogP contribution is 2.67. The van der Waals surface area contributed by atoms with Crippen LogP contribution in [0.2, 0.25) is 0 Å². The molecular weight excluding hydrogens is 1060 g/mol. The van der Waals surface area contributed by atoms with Gasteiger partial charge < -0.3 is 112 Å². The number of carbonyl (C=O) groups is 1. The average molecular weight is 1150 g/mol. The van der Waals surface area contributed by atoms with Gasteiger partial charge in [0, 0.05) is 34.7 Å². The molecule has 0 aromatic carbocycles. The molecule has 5 saturated heterocycles. The molecule has 9 rings (SSSR count). The Balaban J connectivity index is 0.819. The number of aliphatic hydroxyl groups excluding tert-OH is 9. The van der Waals surface area contributed by atoms with Crippen molar-refractivity contribution in [2.75, 3.05) is 34.5 Å². The first kappa shape index (κ1) is 62.8. The van der Waals surface area contributed by atoms with Gasteiger partial charge in [-0.05, 0) is 114 Å². The number of hydrogen-bond acceptors (Lipinski definition) is 24. The Morgan fingerprint density at radius 2 is 1.26 bits per heavy atom. The summed E-state index contributed by atoms with van der Waals surface area (Å²) in [6.45, 7) is 12.2. The Hall–Kier alpha value is -1.67. The van der Waals surface area contributed by atoms with Gasteiger partial charge in [-0.15, -0.1) is 0 Å². The summed E-state index contributed by atoms with van der Waals surface area (Å²) in [7, 11) is 4.47. The number of methoxy groups -OCH3 is 3. The molecule has 9 N–H and O–H groups in total. The van der Waals surface area contributed by atoms with Crippen LogP contribution in [0.5, 0.6) is 0 Å². The summed E-state index contributed by atoms with van der Waals surface area (Å²) >= 11 is 0. The highest BCUT2D eigenvalue weighted by molar-refractivity contribution is 5.66. The van der Waals surface area contributed by atoms with Crippen molar-refractivity contribution < 1.29 is 117 Å². The molecule has 9 aliphatic rings. The molecule has 24 nitrogen and oxygen atoms in total. The molecule has 5 heterocycles. The molecule has 8 fully saturated rings. The Bertz CT molecular complexity index is 2070. The zero-order valence-electron chi connectivity index (χ0n) is 47.8. The molecule has 80 heavy (non-hydrogen) atoms. The number of hydrogen-bond donors (Lipinski definition) is 9. The van der Waals surface area contributed by atoms with E-state index in [0.717, 1.165) is 51.4 Å². The zero-order valence-corrected chi connectivity index (χ0v) is 47.8. The van der Waals surface area contributed by atoms with Crippen molar-refractivity contribution in [3.05, 3.63) is 11.6 Å². The highest BCUT2D eigenvalue weighted by atomic mass is 16.8. The summed E-state index contributed by atoms with van der Waals surface area (Å²) < 4.78 is 85.4. The fraction of sp³-hybridized carbons (Fsp3) is 0.946. The number of carbonyl (C=O) groups excluding carboxylic acids is 1. The van der Waals surface area contributed by atoms with Gasteiger partial charge in [-0.25, -0.2) is 0 Å². The van der Waals surface area contributed by atoms with Crippen LogP contribution >= 0.6 is 0 Å². The van der Waals surface area contributed by atoms with E-state index in [2.05, 4.69) is 19.9 Å². The lowest BCUT2D eigenvalue weighted by Crippen LogP contribution is -2.65. The van der Waals surface area contributed by atoms with Crippen molar-refractivity contribution in [2.24, 2.45) is 34.5 Å². The number of aliphatic hydroxyl groups is 9. The fourth-order valence-electron chi connectivity index (χ4n) is 15.7. The minimum Gasteiger partial charge on any atom is -0.454 e. The Labute approximate surface area is 468 Å². The van der Waals surface area contributed by atoms with Crippen molar-refractivity contribution in [1.82, 2.24) is 0 Å². The van der Waals surface area contributed by atoms with Crippen LogP contribution in [0.4, 0.5) is 0 Å². The molecule has 5 aliphatic heterocycles. The molecule has 460 valence electrons. The van der Waals surface area contributed by atoms with Crippen molar-refractivity contribution in [1.29, 1.82) is 0 Å². The number of ether oxygens (including phenoxy) is 14. The van der Waals surface area contributed by atoms with E-state index in [1.54, 1.807) is 21.0 Å². The summed E-state index contributed by atoms with van der Waals surface area (Å²) in [5.41, 5.74) is 1.38. The predicted molar refractivity (Wildman–Crippen MR) is 274 cm³/mol. The van der Waals surface area contributed by atoms with Crippen LogP contribution in [0.15, 0.2) is 11.6 Å². The fourth-order valence-corrected chi connectivity index (χ4v) is 15.7. The van der Waals surface area contributed by atoms with E-state index in [1.165, 1.54) is 26.7 Å². The van der Waals surface area contributed by atoms with E-state index < -0.39 is 167 Å². The van der Waals surface area contributed by atoms with Crippen molar-refractivity contribution in [2.45, 2.75) is 266 Å². The maximum absolute atomic E-state index is 12.1. The van der Waals surface area contributed by atoms with Gasteiger partial charge >= 0.3 is 5.97 Å². The lowest BCUT2D eigenvalue weighted by Gasteiger charge is -2.58. The van der Waals surface area contributed by atoms with E-state index in [0.29, 0.717) is 24.2 Å². The summed E-state index contributed by atoms with van der Waals surface area (Å²) in [5.74, 6) is 0.964. The van der Waals surface area contributed by atoms with E-state index in [9.17, 15) is 50.8 Å². The van der Waals surface area contributed by atoms with Gasteiger partial charge in [0.1, 0.15) is 85.5 Å². The SMILES string of the molecule is CO[C@H]1[C@@H](O)[C@@H](C)O[C@@H](O[C@H]2[C@@H](OC)C[C@H](O[C@H]3CC[C@@]4(C)C(=CC[C@H]5[C@@H]6CC[C@H](C(C)O[C@@H]7O[C@H](C)[C@H](O)[C@H](OC)[C@H]7O[C@@H]7O[C@H](CO[C@@H]8O[C@H](CO)[C@@H](O)[C@H](O)[C@H]8O)[C@@H](O)[C@H](O)[C@H]7O)[C@@]6(C)CC[C@@H]54)C3)O[C@@H]2C)[C@@H]1OC(C)=O. The molecule has 32 atom stereocenters. The molecule has 0 bridgehead atoms. The maximum atomic E-state index is 12.1. The monoisotopic (exact) mass is 1150 g/mol. The second-order valence-electron chi connectivity index (χ2n) is 24.7. The Morgan fingerprint density at radius 3 is 1.91 bits per heavy atom. The molecule has 0 aromatic rings. The van der Waals surface area contributed by atoms with Gasteiger partial charge in [-0.1, -0.05) is 25.5 Å². The van der Waals surface area contributed by atoms with Crippen molar-refractivity contribution in [3.8, 4) is 0 Å². The first-order valence-electron chi connectivity index (χ1n) is 29.0. The molecular formula is C56H92O24. The van der Waals surface area contributed by atoms with Gasteiger partial charge in [0.15, 0.2) is 37.6 Å². The second-order valence-corrected chi connectivity index (χ2v) is 24.7. The smallest absolute Gasteiger partial charge is 0.303 e. The van der Waals surface area contributed by atoms with Crippen LogP contribution < -0.4 is 0 Å². The first-order valence-corrected chi connectivity index (χ1v) is 29.0. The van der Waals surface area contributed by atoms with Crippen LogP contribution in [0.1, 0.15) is 106 Å². The maximum Gasteiger partial charge on any atom is 0.303 e. The number of allylic oxidation sites excluding steroid dienone is 1. The summed E-state index contributed by atoms with van der Waals surface area (Å²) in [4.78, 5) is 12.1. The highest BCUT2D eigenvalue weighted by Gasteiger charge is 2.61. The van der Waals surface area contributed by atoms with Crippen molar-refractivity contribution in [3.63, 3.8) is 0 Å². The molecule has 3 saturated carbocycles. The third-order valence-electron chi connectivity index (χ3n) is 20.2. The van der Waals surface area contributed by atoms with Gasteiger partial charge in [0.05, 0.1) is 49.8 Å². The van der Waals surface area contributed by atoms with E-state index in [1.807, 2.05) is 13.8 Å². The topological polar surface area (TPSA) is 328 Å². The molecule has 0 amide bonds. The third kappa shape index (κ3) is 12.1. The van der Waals surface area contributed by atoms with Gasteiger partial charge in [-0.2, -0.15) is 0 Å². The van der Waals surface area contributed by atoms with Crippen molar-refractivity contribution >= 4 is 5.97 Å². The lowest BCUT2D eigenvalue weighted by molar-refractivity contribution is -0.376. The quantitative estimate of drug-likeness (QED) is 0.0688. The molecule has 4 aliphatic carbocycles. The Kier molecular flexibility index (Phi) is 20.2. The molecule has 0 radical (unpaired) electrons. The number of esters is 1. The second kappa shape index (κ2) is 25.7. The molecule has 24 heteroatoms. The van der Waals surface area contributed by atoms with Gasteiger partial charge in [0.25, 0.3) is 0 Å². The van der Waals surface area contributed by atoms with Crippen LogP contribution in [0.3, 0.4) is 0 Å². The van der Waals surface area contributed by atoms with Gasteiger partial charge in [-0.3, -0.25) is 4.79 Å². The molecule has 1 unspecified atom stereocenters. The van der Waals surface area contributed by atoms with Crippen LogP contribution in [-0.4, -0.2) is 246 Å². The summed E-state index contributed by atoms with van der Waals surface area (Å²) in [6.07, 6.45) is -18.1. The van der Waals surface area contributed by atoms with Gasteiger partial charge in [0.2, 0.25) is 0 Å². The summed E-state index contributed by atoms with van der Waals surface area (Å²) in [6, 6.07) is 0. The lowest BCUT2D eigenvalue weighted by atomic mass is 9.47. The van der Waals surface area contributed by atoms with Crippen LogP contribution in [0.25, 0.3) is 0 Å². The normalized spacial score (nSPS) is 52.0. The van der Waals surface area contributed by atoms with Crippen LogP contribution in [0, 0.1) is 34.5 Å². The minimum atomic E-state index is -1.81. The summed E-state index contributed by atoms with van der Waals surface area (Å²) in [5, 5.41) is 96.0. The Morgan fingerprint density at radius 1 is 0.637 bits per heavy atom. The largest absolute Gasteiger partial charge is 0.454 e.